The summed E-state index contributed by atoms with van der Waals surface area (Å²) < 4.78 is 0. The minimum Gasteiger partial charge on any atom is -0.351 e. The number of hydrogen-bond donors (Lipinski definition) is 1. The summed E-state index contributed by atoms with van der Waals surface area (Å²) in [7, 11) is 2.23. The van der Waals surface area contributed by atoms with Crippen molar-refractivity contribution in [3.05, 3.63) is 10.6 Å². The van der Waals surface area contributed by atoms with Crippen molar-refractivity contribution in [3.63, 3.8) is 0 Å². The fourth-order valence-electron chi connectivity index (χ4n) is 2.98. The molecule has 3 aliphatic rings. The quantitative estimate of drug-likeness (QED) is 0.833. The number of hydrogen-bond acceptors (Lipinski definition) is 4. The highest BCUT2D eigenvalue weighted by Crippen LogP contribution is 2.44. The van der Waals surface area contributed by atoms with Crippen molar-refractivity contribution in [2.45, 2.75) is 63.5 Å². The Balaban J connectivity index is 1.45. The summed E-state index contributed by atoms with van der Waals surface area (Å²) in [5.74, 6) is 1.69. The molecule has 0 saturated heterocycles. The Hall–Kier alpha value is -0.610. The summed E-state index contributed by atoms with van der Waals surface area (Å²) in [6.45, 7) is 2.25. The molecule has 0 amide bonds. The molecule has 4 heteroatoms. The fourth-order valence-corrected chi connectivity index (χ4v) is 4.05. The molecule has 1 aromatic rings. The summed E-state index contributed by atoms with van der Waals surface area (Å²) in [5, 5.41) is 4.92. The highest BCUT2D eigenvalue weighted by atomic mass is 32.1. The second-order valence-corrected chi connectivity index (χ2v) is 7.97. The van der Waals surface area contributed by atoms with Crippen LogP contribution in [0.4, 0.5) is 5.13 Å². The third-order valence-corrected chi connectivity index (χ3v) is 6.08. The SMILES string of the molecule is CN(CC1CCC1)c1nc(C2CC2)c(CNC2CC2)s1. The molecule has 0 unspecified atom stereocenters. The van der Waals surface area contributed by atoms with E-state index in [2.05, 4.69) is 17.3 Å². The van der Waals surface area contributed by atoms with Gasteiger partial charge in [0.15, 0.2) is 5.13 Å². The number of thiazole rings is 1. The molecule has 0 radical (unpaired) electrons. The van der Waals surface area contributed by atoms with Crippen LogP contribution in [0, 0.1) is 5.92 Å². The maximum atomic E-state index is 4.99. The van der Waals surface area contributed by atoms with E-state index in [1.54, 1.807) is 0 Å². The lowest BCUT2D eigenvalue weighted by Gasteiger charge is -2.29. The van der Waals surface area contributed by atoms with Crippen molar-refractivity contribution in [2.75, 3.05) is 18.5 Å². The van der Waals surface area contributed by atoms with Gasteiger partial charge in [-0.1, -0.05) is 6.42 Å². The van der Waals surface area contributed by atoms with Crippen LogP contribution in [0.5, 0.6) is 0 Å². The monoisotopic (exact) mass is 291 g/mol. The van der Waals surface area contributed by atoms with Crippen molar-refractivity contribution >= 4 is 16.5 Å². The van der Waals surface area contributed by atoms with Gasteiger partial charge >= 0.3 is 0 Å². The Labute approximate surface area is 125 Å². The molecule has 0 aromatic carbocycles. The van der Waals surface area contributed by atoms with Crippen LogP contribution in [0.3, 0.4) is 0 Å². The lowest BCUT2D eigenvalue weighted by atomic mass is 9.85. The van der Waals surface area contributed by atoms with Crippen LogP contribution >= 0.6 is 11.3 Å². The molecule has 3 fully saturated rings. The van der Waals surface area contributed by atoms with E-state index in [9.17, 15) is 0 Å². The lowest BCUT2D eigenvalue weighted by molar-refractivity contribution is 0.321. The van der Waals surface area contributed by atoms with Crippen LogP contribution in [0.2, 0.25) is 0 Å². The molecule has 1 N–H and O–H groups in total. The van der Waals surface area contributed by atoms with Gasteiger partial charge in [0, 0.05) is 37.0 Å². The molecule has 3 saturated carbocycles. The third kappa shape index (κ3) is 2.86. The first-order valence-electron chi connectivity index (χ1n) is 8.23. The highest BCUT2D eigenvalue weighted by molar-refractivity contribution is 7.15. The van der Waals surface area contributed by atoms with E-state index in [0.717, 1.165) is 24.4 Å². The van der Waals surface area contributed by atoms with Crippen molar-refractivity contribution in [2.24, 2.45) is 5.92 Å². The topological polar surface area (TPSA) is 28.2 Å². The van der Waals surface area contributed by atoms with Gasteiger partial charge in [0.05, 0.1) is 5.69 Å². The smallest absolute Gasteiger partial charge is 0.185 e. The van der Waals surface area contributed by atoms with Gasteiger partial charge in [-0.3, -0.25) is 0 Å². The van der Waals surface area contributed by atoms with Crippen molar-refractivity contribution in [3.8, 4) is 0 Å². The van der Waals surface area contributed by atoms with E-state index in [1.807, 2.05) is 11.3 Å². The molecule has 0 aliphatic heterocycles. The summed E-state index contributed by atoms with van der Waals surface area (Å²) in [4.78, 5) is 8.90. The first-order valence-corrected chi connectivity index (χ1v) is 9.05. The van der Waals surface area contributed by atoms with Crippen molar-refractivity contribution < 1.29 is 0 Å². The molecular weight excluding hydrogens is 266 g/mol. The molecule has 1 aromatic heterocycles. The number of rotatable bonds is 7. The van der Waals surface area contributed by atoms with E-state index >= 15 is 0 Å². The van der Waals surface area contributed by atoms with Gasteiger partial charge in [0.2, 0.25) is 0 Å². The standard InChI is InChI=1S/C16H25N3S/c1-19(10-11-3-2-4-11)16-18-15(12-5-6-12)14(20-16)9-17-13-7-8-13/h11-13,17H,2-10H2,1H3. The molecule has 20 heavy (non-hydrogen) atoms. The van der Waals surface area contributed by atoms with Crippen molar-refractivity contribution in [1.82, 2.24) is 10.3 Å². The third-order valence-electron chi connectivity index (χ3n) is 4.89. The van der Waals surface area contributed by atoms with Crippen LogP contribution in [-0.4, -0.2) is 24.6 Å². The maximum Gasteiger partial charge on any atom is 0.185 e. The van der Waals surface area contributed by atoms with Gasteiger partial charge in [0.1, 0.15) is 0 Å². The van der Waals surface area contributed by atoms with Crippen LogP contribution < -0.4 is 10.2 Å². The number of nitrogens with one attached hydrogen (secondary N) is 1. The summed E-state index contributed by atoms with van der Waals surface area (Å²) in [6, 6.07) is 0.792. The van der Waals surface area contributed by atoms with Crippen LogP contribution in [-0.2, 0) is 6.54 Å². The average Bonchev–Trinajstić information content (AvgIpc) is 3.30. The fraction of sp³-hybridized carbons (Fsp3) is 0.812. The Morgan fingerprint density at radius 3 is 2.60 bits per heavy atom. The zero-order valence-electron chi connectivity index (χ0n) is 12.4. The van der Waals surface area contributed by atoms with Gasteiger partial charge in [0.25, 0.3) is 0 Å². The van der Waals surface area contributed by atoms with E-state index in [-0.39, 0.29) is 0 Å². The van der Waals surface area contributed by atoms with Gasteiger partial charge in [-0.15, -0.1) is 11.3 Å². The van der Waals surface area contributed by atoms with E-state index in [1.165, 1.54) is 67.2 Å². The Bertz CT molecular complexity index is 472. The molecule has 4 rings (SSSR count). The zero-order chi connectivity index (χ0) is 13.5. The maximum absolute atomic E-state index is 4.99. The predicted octanol–water partition coefficient (Wildman–Crippen LogP) is 3.51. The summed E-state index contributed by atoms with van der Waals surface area (Å²) >= 11 is 1.93. The predicted molar refractivity (Wildman–Crippen MR) is 84.6 cm³/mol. The summed E-state index contributed by atoms with van der Waals surface area (Å²) in [5.41, 5.74) is 1.42. The normalized spacial score (nSPS) is 22.9. The number of nitrogens with zero attached hydrogens (tertiary/aromatic N) is 2. The zero-order valence-corrected chi connectivity index (χ0v) is 13.2. The molecule has 3 nitrogen and oxygen atoms in total. The molecule has 0 atom stereocenters. The molecule has 0 bridgehead atoms. The number of aromatic nitrogens is 1. The van der Waals surface area contributed by atoms with Crippen LogP contribution in [0.1, 0.15) is 61.4 Å². The van der Waals surface area contributed by atoms with Crippen LogP contribution in [0.25, 0.3) is 0 Å². The minimum atomic E-state index is 0.771. The first kappa shape index (κ1) is 13.1. The van der Waals surface area contributed by atoms with Gasteiger partial charge in [-0.05, 0) is 44.4 Å². The molecule has 3 aliphatic carbocycles. The largest absolute Gasteiger partial charge is 0.351 e. The second-order valence-electron chi connectivity index (χ2n) is 6.91. The van der Waals surface area contributed by atoms with Gasteiger partial charge in [-0.2, -0.15) is 0 Å². The molecule has 0 spiro atoms. The molecule has 1 heterocycles. The number of anilines is 1. The molecular formula is C16H25N3S. The van der Waals surface area contributed by atoms with E-state index < -0.39 is 0 Å². The first-order chi connectivity index (χ1) is 9.79. The van der Waals surface area contributed by atoms with E-state index in [4.69, 9.17) is 4.98 Å². The second kappa shape index (κ2) is 5.30. The average molecular weight is 291 g/mol. The highest BCUT2D eigenvalue weighted by Gasteiger charge is 2.31. The van der Waals surface area contributed by atoms with Crippen molar-refractivity contribution in [1.29, 1.82) is 0 Å². The Kier molecular flexibility index (Phi) is 3.47. The Morgan fingerprint density at radius 2 is 2.00 bits per heavy atom. The van der Waals surface area contributed by atoms with Gasteiger partial charge < -0.3 is 10.2 Å². The Morgan fingerprint density at radius 1 is 1.20 bits per heavy atom. The lowest BCUT2D eigenvalue weighted by Crippen LogP contribution is -2.29. The van der Waals surface area contributed by atoms with E-state index in [0.29, 0.717) is 0 Å². The van der Waals surface area contributed by atoms with Crippen LogP contribution in [0.15, 0.2) is 0 Å². The summed E-state index contributed by atoms with van der Waals surface area (Å²) in [6.07, 6.45) is 9.71. The minimum absolute atomic E-state index is 0.771. The molecule has 110 valence electrons. The van der Waals surface area contributed by atoms with Gasteiger partial charge in [-0.25, -0.2) is 4.98 Å².